The molecule has 0 aliphatic heterocycles. The van der Waals surface area contributed by atoms with Crippen LogP contribution in [0.15, 0.2) is 17.3 Å². The highest BCUT2D eigenvalue weighted by Gasteiger charge is 1.89. The zero-order valence-corrected chi connectivity index (χ0v) is 6.21. The molecule has 3 nitrogen and oxygen atoms in total. The smallest absolute Gasteiger partial charge is 0.222 e. The Morgan fingerprint density at radius 2 is 2.50 bits per heavy atom. The van der Waals surface area contributed by atoms with E-state index in [1.807, 2.05) is 0 Å². The highest BCUT2D eigenvalue weighted by Crippen LogP contribution is 1.97. The quantitative estimate of drug-likeness (QED) is 0.451. The van der Waals surface area contributed by atoms with E-state index in [1.165, 1.54) is 0 Å². The van der Waals surface area contributed by atoms with Gasteiger partial charge in [-0.2, -0.15) is 0 Å². The first kappa shape index (κ1) is 7.15. The number of hydrogen-bond donors (Lipinski definition) is 0. The molecule has 0 atom stereocenters. The molecule has 1 rings (SSSR count). The van der Waals surface area contributed by atoms with Crippen molar-refractivity contribution in [3.63, 3.8) is 0 Å². The van der Waals surface area contributed by atoms with Crippen molar-refractivity contribution in [1.29, 1.82) is 0 Å². The second kappa shape index (κ2) is 3.27. The maximum atomic E-state index is 5.50. The normalized spacial score (nSPS) is 10.6. The van der Waals surface area contributed by atoms with E-state index in [2.05, 4.69) is 15.0 Å². The summed E-state index contributed by atoms with van der Waals surface area (Å²) in [5.74, 6) is 0. The van der Waals surface area contributed by atoms with E-state index in [0.717, 1.165) is 5.69 Å². The molecule has 52 valence electrons. The van der Waals surface area contributed by atoms with E-state index >= 15 is 0 Å². The van der Waals surface area contributed by atoms with E-state index < -0.39 is 0 Å². The second-order valence-electron chi connectivity index (χ2n) is 1.64. The molecule has 0 bridgehead atoms. The van der Waals surface area contributed by atoms with E-state index in [9.17, 15) is 0 Å². The molecule has 1 aromatic rings. The maximum absolute atomic E-state index is 5.50. The monoisotopic (exact) mass is 155 g/mol. The van der Waals surface area contributed by atoms with Crippen LogP contribution in [-0.4, -0.2) is 23.2 Å². The van der Waals surface area contributed by atoms with Gasteiger partial charge in [0, 0.05) is 19.5 Å². The lowest BCUT2D eigenvalue weighted by atomic mass is 10.4. The van der Waals surface area contributed by atoms with Crippen molar-refractivity contribution < 1.29 is 0 Å². The molecular weight excluding hydrogens is 150 g/mol. The van der Waals surface area contributed by atoms with E-state index in [4.69, 9.17) is 11.6 Å². The number of hydrogen-bond acceptors (Lipinski definition) is 3. The molecule has 0 aliphatic carbocycles. The Balaban J connectivity index is 2.95. The largest absolute Gasteiger partial charge is 0.294 e. The Morgan fingerprint density at radius 1 is 1.70 bits per heavy atom. The highest BCUT2D eigenvalue weighted by molar-refractivity contribution is 6.28. The molecular formula is C6H6ClN3. The van der Waals surface area contributed by atoms with Gasteiger partial charge in [-0.3, -0.25) is 4.99 Å². The summed E-state index contributed by atoms with van der Waals surface area (Å²) in [5, 5.41) is 0.248. The molecule has 0 unspecified atom stereocenters. The summed E-state index contributed by atoms with van der Waals surface area (Å²) in [4.78, 5) is 11.4. The molecule has 0 saturated heterocycles. The van der Waals surface area contributed by atoms with Crippen LogP contribution in [0.2, 0.25) is 5.28 Å². The fraction of sp³-hybridized carbons (Fsp3) is 0.167. The molecule has 0 amide bonds. The molecule has 4 heteroatoms. The molecule has 0 saturated carbocycles. The van der Waals surface area contributed by atoms with Gasteiger partial charge in [-0.15, -0.1) is 0 Å². The molecule has 0 N–H and O–H groups in total. The van der Waals surface area contributed by atoms with Crippen molar-refractivity contribution >= 4 is 17.8 Å². The Hall–Kier alpha value is -0.960. The maximum Gasteiger partial charge on any atom is 0.222 e. The molecule has 0 radical (unpaired) electrons. The van der Waals surface area contributed by atoms with Gasteiger partial charge in [0.05, 0.1) is 5.69 Å². The van der Waals surface area contributed by atoms with Crippen LogP contribution < -0.4 is 0 Å². The summed E-state index contributed by atoms with van der Waals surface area (Å²) >= 11 is 5.50. The molecule has 0 aromatic carbocycles. The first-order chi connectivity index (χ1) is 4.83. The van der Waals surface area contributed by atoms with Crippen LogP contribution in [0, 0.1) is 0 Å². The lowest BCUT2D eigenvalue weighted by Gasteiger charge is -1.89. The van der Waals surface area contributed by atoms with Crippen molar-refractivity contribution in [1.82, 2.24) is 9.97 Å². The summed E-state index contributed by atoms with van der Waals surface area (Å²) in [6.45, 7) is 0. The fourth-order valence-electron chi connectivity index (χ4n) is 0.552. The van der Waals surface area contributed by atoms with Crippen LogP contribution in [0.3, 0.4) is 0 Å². The molecule has 1 aromatic heterocycles. The minimum atomic E-state index is 0.248. The van der Waals surface area contributed by atoms with E-state index in [1.54, 1.807) is 25.5 Å². The molecule has 1 heterocycles. The topological polar surface area (TPSA) is 38.1 Å². The molecule has 10 heavy (non-hydrogen) atoms. The first-order valence-electron chi connectivity index (χ1n) is 2.73. The standard InChI is InChI=1S/C6H6ClN3/c1-8-4-5-2-3-9-6(7)10-5/h2-4H,1H3/b8-4+. The van der Waals surface area contributed by atoms with Gasteiger partial charge in [-0.25, -0.2) is 9.97 Å². The predicted octanol–water partition coefficient (Wildman–Crippen LogP) is 1.18. The van der Waals surface area contributed by atoms with Gasteiger partial charge in [0.2, 0.25) is 5.28 Å². The van der Waals surface area contributed by atoms with Gasteiger partial charge >= 0.3 is 0 Å². The van der Waals surface area contributed by atoms with Gasteiger partial charge in [-0.05, 0) is 17.7 Å². The highest BCUT2D eigenvalue weighted by atomic mass is 35.5. The van der Waals surface area contributed by atoms with E-state index in [0.29, 0.717) is 0 Å². The van der Waals surface area contributed by atoms with Crippen LogP contribution in [0.1, 0.15) is 5.69 Å². The minimum Gasteiger partial charge on any atom is -0.294 e. The van der Waals surface area contributed by atoms with Crippen molar-refractivity contribution in [3.05, 3.63) is 23.2 Å². The lowest BCUT2D eigenvalue weighted by molar-refractivity contribution is 1.15. The number of halogens is 1. The van der Waals surface area contributed by atoms with Crippen molar-refractivity contribution in [2.45, 2.75) is 0 Å². The van der Waals surface area contributed by atoms with Crippen LogP contribution in [0.25, 0.3) is 0 Å². The third-order valence-electron chi connectivity index (χ3n) is 0.909. The van der Waals surface area contributed by atoms with Gasteiger partial charge in [-0.1, -0.05) is 0 Å². The average molecular weight is 156 g/mol. The van der Waals surface area contributed by atoms with Crippen molar-refractivity contribution in [3.8, 4) is 0 Å². The number of rotatable bonds is 1. The minimum absolute atomic E-state index is 0.248. The summed E-state index contributed by atoms with van der Waals surface area (Å²) in [6, 6.07) is 1.74. The van der Waals surface area contributed by atoms with Crippen LogP contribution in [0.5, 0.6) is 0 Å². The molecule has 0 spiro atoms. The number of nitrogens with zero attached hydrogens (tertiary/aromatic N) is 3. The zero-order valence-electron chi connectivity index (χ0n) is 5.45. The Morgan fingerprint density at radius 3 is 3.10 bits per heavy atom. The van der Waals surface area contributed by atoms with Gasteiger partial charge in [0.15, 0.2) is 0 Å². The average Bonchev–Trinajstić information content (AvgIpc) is 1.88. The van der Waals surface area contributed by atoms with Gasteiger partial charge in [0.1, 0.15) is 0 Å². The summed E-state index contributed by atoms with van der Waals surface area (Å²) < 4.78 is 0. The van der Waals surface area contributed by atoms with Crippen LogP contribution in [-0.2, 0) is 0 Å². The van der Waals surface area contributed by atoms with Crippen molar-refractivity contribution in [2.24, 2.45) is 4.99 Å². The van der Waals surface area contributed by atoms with Crippen molar-refractivity contribution in [2.75, 3.05) is 7.05 Å². The second-order valence-corrected chi connectivity index (χ2v) is 1.98. The predicted molar refractivity (Wildman–Crippen MR) is 40.6 cm³/mol. The Labute approximate surface area is 63.8 Å². The first-order valence-corrected chi connectivity index (χ1v) is 3.11. The third-order valence-corrected chi connectivity index (χ3v) is 1.09. The summed E-state index contributed by atoms with van der Waals surface area (Å²) in [7, 11) is 1.68. The number of aromatic nitrogens is 2. The third kappa shape index (κ3) is 1.77. The zero-order chi connectivity index (χ0) is 7.40. The van der Waals surface area contributed by atoms with Crippen LogP contribution >= 0.6 is 11.6 Å². The van der Waals surface area contributed by atoms with Crippen LogP contribution in [0.4, 0.5) is 0 Å². The van der Waals surface area contributed by atoms with Gasteiger partial charge in [0.25, 0.3) is 0 Å². The van der Waals surface area contributed by atoms with E-state index in [-0.39, 0.29) is 5.28 Å². The Kier molecular flexibility index (Phi) is 2.34. The molecule has 0 fully saturated rings. The number of aliphatic imine (C=N–C) groups is 1. The summed E-state index contributed by atoms with van der Waals surface area (Å²) in [5.41, 5.74) is 0.725. The molecule has 0 aliphatic rings. The SMILES string of the molecule is C/N=C/c1ccnc(Cl)n1. The summed E-state index contributed by atoms with van der Waals surface area (Å²) in [6.07, 6.45) is 3.21. The lowest BCUT2D eigenvalue weighted by Crippen LogP contribution is -1.88. The fourth-order valence-corrected chi connectivity index (χ4v) is 0.706. The van der Waals surface area contributed by atoms with Gasteiger partial charge < -0.3 is 0 Å². The Bertz CT molecular complexity index is 247.